The Kier molecular flexibility index (Phi) is 4.77. The zero-order chi connectivity index (χ0) is 21.6. The maximum atomic E-state index is 13.3. The van der Waals surface area contributed by atoms with Crippen LogP contribution in [0, 0.1) is 17.2 Å². The topological polar surface area (TPSA) is 83.2 Å². The molecule has 2 aliphatic heterocycles. The molecule has 5 rings (SSSR count). The summed E-state index contributed by atoms with van der Waals surface area (Å²) in [6.07, 6.45) is 0.842. The van der Waals surface area contributed by atoms with Crippen LogP contribution in [-0.4, -0.2) is 30.4 Å². The van der Waals surface area contributed by atoms with Gasteiger partial charge in [0.15, 0.2) is 0 Å². The molecule has 31 heavy (non-hydrogen) atoms. The van der Waals surface area contributed by atoms with Gasteiger partial charge in [-0.1, -0.05) is 30.3 Å². The normalized spacial score (nSPS) is 20.6. The van der Waals surface area contributed by atoms with Crippen LogP contribution in [0.15, 0.2) is 76.4 Å². The van der Waals surface area contributed by atoms with Crippen LogP contribution < -0.4 is 5.56 Å². The molecule has 2 atom stereocenters. The number of rotatable bonds is 3. The second-order valence-electron chi connectivity index (χ2n) is 8.21. The summed E-state index contributed by atoms with van der Waals surface area (Å²) in [5.41, 5.74) is 3.10. The van der Waals surface area contributed by atoms with E-state index in [1.54, 1.807) is 57.4 Å². The molecule has 0 radical (unpaired) electrons. The number of aromatic nitrogens is 1. The molecule has 1 aromatic heterocycles. The van der Waals surface area contributed by atoms with Crippen LogP contribution in [0.4, 0.5) is 0 Å². The maximum absolute atomic E-state index is 13.3. The van der Waals surface area contributed by atoms with Crippen molar-refractivity contribution < 1.29 is 8.42 Å². The standard InChI is InChI=1S/C24H21N3O3S/c25-13-17-5-4-6-19(11-17)22-9-10-23(28)27-15-18-12-20(24(22)27)16-26(14-18)31(29,30)21-7-2-1-3-8-21/h1-11,18,20H,12,14-16H2/t18-,20+/m0/s1. The lowest BCUT2D eigenvalue weighted by Crippen LogP contribution is -2.49. The van der Waals surface area contributed by atoms with Gasteiger partial charge in [-0.05, 0) is 48.2 Å². The molecule has 0 spiro atoms. The Balaban J connectivity index is 1.59. The predicted molar refractivity (Wildman–Crippen MR) is 117 cm³/mol. The van der Waals surface area contributed by atoms with Crippen molar-refractivity contribution >= 4 is 10.0 Å². The van der Waals surface area contributed by atoms with E-state index in [-0.39, 0.29) is 17.4 Å². The van der Waals surface area contributed by atoms with Gasteiger partial charge in [0.05, 0.1) is 16.5 Å². The summed E-state index contributed by atoms with van der Waals surface area (Å²) < 4.78 is 29.9. The number of piperidine rings is 1. The highest BCUT2D eigenvalue weighted by atomic mass is 32.2. The van der Waals surface area contributed by atoms with Crippen molar-refractivity contribution in [2.24, 2.45) is 5.92 Å². The SMILES string of the molecule is N#Cc1cccc(-c2ccc(=O)n3c2[C@@H]2C[C@@H](CN(S(=O)(=O)c4ccccc4)C2)C3)c1. The first-order valence-corrected chi connectivity index (χ1v) is 11.7. The summed E-state index contributed by atoms with van der Waals surface area (Å²) in [6.45, 7) is 1.24. The third-order valence-corrected chi connectivity index (χ3v) is 8.09. The van der Waals surface area contributed by atoms with Gasteiger partial charge in [0.25, 0.3) is 5.56 Å². The lowest BCUT2D eigenvalue weighted by Gasteiger charge is -2.42. The van der Waals surface area contributed by atoms with Crippen molar-refractivity contribution in [3.05, 3.63) is 88.3 Å². The Morgan fingerprint density at radius 1 is 0.935 bits per heavy atom. The highest BCUT2D eigenvalue weighted by molar-refractivity contribution is 7.89. The summed E-state index contributed by atoms with van der Waals surface area (Å²) in [6, 6.07) is 21.3. The molecule has 7 heteroatoms. The second kappa shape index (κ2) is 7.49. The molecule has 2 bridgehead atoms. The van der Waals surface area contributed by atoms with Gasteiger partial charge in [0.1, 0.15) is 0 Å². The molecule has 156 valence electrons. The van der Waals surface area contributed by atoms with Gasteiger partial charge in [-0.25, -0.2) is 8.42 Å². The van der Waals surface area contributed by atoms with E-state index in [4.69, 9.17) is 0 Å². The molecule has 0 aliphatic carbocycles. The van der Waals surface area contributed by atoms with Crippen molar-refractivity contribution in [3.8, 4) is 17.2 Å². The Hall–Kier alpha value is -3.21. The van der Waals surface area contributed by atoms with E-state index in [0.29, 0.717) is 30.1 Å². The highest BCUT2D eigenvalue weighted by Gasteiger charge is 2.40. The minimum absolute atomic E-state index is 0.0655. The molecule has 0 N–H and O–H groups in total. The minimum atomic E-state index is -3.60. The molecule has 2 aliphatic rings. The van der Waals surface area contributed by atoms with Crippen LogP contribution in [0.25, 0.3) is 11.1 Å². The molecule has 0 saturated carbocycles. The Morgan fingerprint density at radius 2 is 1.74 bits per heavy atom. The van der Waals surface area contributed by atoms with Gasteiger partial charge in [-0.15, -0.1) is 0 Å². The monoisotopic (exact) mass is 431 g/mol. The highest BCUT2D eigenvalue weighted by Crippen LogP contribution is 2.41. The molecule has 6 nitrogen and oxygen atoms in total. The summed E-state index contributed by atoms with van der Waals surface area (Å²) in [5.74, 6) is 0.00348. The molecule has 3 aromatic rings. The van der Waals surface area contributed by atoms with Crippen molar-refractivity contribution in [2.45, 2.75) is 23.8 Å². The maximum Gasteiger partial charge on any atom is 0.250 e. The summed E-state index contributed by atoms with van der Waals surface area (Å²) in [4.78, 5) is 13.0. The van der Waals surface area contributed by atoms with Gasteiger partial charge in [0, 0.05) is 42.9 Å². The fourth-order valence-electron chi connectivity index (χ4n) is 4.91. The van der Waals surface area contributed by atoms with Gasteiger partial charge in [-0.3, -0.25) is 4.79 Å². The Labute approximate surface area is 181 Å². The molecule has 2 aromatic carbocycles. The largest absolute Gasteiger partial charge is 0.311 e. The molecule has 0 amide bonds. The third kappa shape index (κ3) is 3.38. The average Bonchev–Trinajstić information content (AvgIpc) is 2.80. The van der Waals surface area contributed by atoms with Gasteiger partial charge in [0.2, 0.25) is 10.0 Å². The summed E-state index contributed by atoms with van der Waals surface area (Å²) in [5, 5.41) is 9.29. The van der Waals surface area contributed by atoms with Crippen LogP contribution in [0.2, 0.25) is 0 Å². The number of hydrogen-bond donors (Lipinski definition) is 0. The van der Waals surface area contributed by atoms with Crippen molar-refractivity contribution in [1.29, 1.82) is 5.26 Å². The number of pyridine rings is 1. The molecular formula is C24H21N3O3S. The fourth-order valence-corrected chi connectivity index (χ4v) is 6.49. The van der Waals surface area contributed by atoms with E-state index in [0.717, 1.165) is 23.2 Å². The van der Waals surface area contributed by atoms with E-state index >= 15 is 0 Å². The van der Waals surface area contributed by atoms with Crippen LogP contribution in [0.1, 0.15) is 23.6 Å². The average molecular weight is 432 g/mol. The lowest BCUT2D eigenvalue weighted by atomic mass is 9.81. The Morgan fingerprint density at radius 3 is 2.52 bits per heavy atom. The van der Waals surface area contributed by atoms with Crippen molar-refractivity contribution in [2.75, 3.05) is 13.1 Å². The lowest BCUT2D eigenvalue weighted by molar-refractivity contribution is 0.187. The van der Waals surface area contributed by atoms with E-state index in [1.165, 1.54) is 0 Å². The third-order valence-electron chi connectivity index (χ3n) is 6.24. The zero-order valence-corrected chi connectivity index (χ0v) is 17.6. The van der Waals surface area contributed by atoms with Crippen LogP contribution >= 0.6 is 0 Å². The van der Waals surface area contributed by atoms with Crippen LogP contribution in [-0.2, 0) is 16.6 Å². The number of fused-ring (bicyclic) bond motifs is 4. The number of nitriles is 1. The van der Waals surface area contributed by atoms with Gasteiger partial charge in [-0.2, -0.15) is 9.57 Å². The summed E-state index contributed by atoms with van der Waals surface area (Å²) >= 11 is 0. The first-order valence-electron chi connectivity index (χ1n) is 10.3. The van der Waals surface area contributed by atoms with Crippen molar-refractivity contribution in [3.63, 3.8) is 0 Å². The molecule has 1 saturated heterocycles. The van der Waals surface area contributed by atoms with E-state index in [2.05, 4.69) is 6.07 Å². The molecule has 1 fully saturated rings. The molecule has 0 unspecified atom stereocenters. The number of nitrogens with zero attached hydrogens (tertiary/aromatic N) is 3. The molecule has 3 heterocycles. The van der Waals surface area contributed by atoms with E-state index in [9.17, 15) is 18.5 Å². The molecular weight excluding hydrogens is 410 g/mol. The summed E-state index contributed by atoms with van der Waals surface area (Å²) in [7, 11) is -3.60. The van der Waals surface area contributed by atoms with Crippen LogP contribution in [0.3, 0.4) is 0 Å². The van der Waals surface area contributed by atoms with Crippen LogP contribution in [0.5, 0.6) is 0 Å². The first kappa shape index (κ1) is 19.7. The number of benzene rings is 2. The van der Waals surface area contributed by atoms with Gasteiger partial charge >= 0.3 is 0 Å². The van der Waals surface area contributed by atoms with E-state index < -0.39 is 10.0 Å². The van der Waals surface area contributed by atoms with Gasteiger partial charge < -0.3 is 4.57 Å². The fraction of sp³-hybridized carbons (Fsp3) is 0.250. The second-order valence-corrected chi connectivity index (χ2v) is 10.1. The number of hydrogen-bond acceptors (Lipinski definition) is 4. The van der Waals surface area contributed by atoms with Crippen molar-refractivity contribution in [1.82, 2.24) is 8.87 Å². The quantitative estimate of drug-likeness (QED) is 0.638. The smallest absolute Gasteiger partial charge is 0.250 e. The number of sulfonamides is 1. The first-order chi connectivity index (χ1) is 15.0. The Bertz CT molecular complexity index is 1360. The minimum Gasteiger partial charge on any atom is -0.311 e. The zero-order valence-electron chi connectivity index (χ0n) is 16.8. The van der Waals surface area contributed by atoms with E-state index in [1.807, 2.05) is 18.2 Å². The predicted octanol–water partition coefficient (Wildman–Crippen LogP) is 3.19.